The third-order valence-electron chi connectivity index (χ3n) is 5.63. The number of benzene rings is 1. The molecule has 3 heterocycles. The Balaban J connectivity index is 1.18. The Morgan fingerprint density at radius 3 is 2.81 bits per heavy atom. The van der Waals surface area contributed by atoms with Crippen molar-refractivity contribution in [3.63, 3.8) is 0 Å². The number of para-hydroxylation sites is 1. The number of thiazole rings is 1. The van der Waals surface area contributed by atoms with Crippen LogP contribution in [0.2, 0.25) is 0 Å². The lowest BCUT2D eigenvalue weighted by atomic mass is 9.98. The predicted octanol–water partition coefficient (Wildman–Crippen LogP) is 1.66. The number of fused-ring (bicyclic) bond motifs is 1. The fourth-order valence-electron chi connectivity index (χ4n) is 3.95. The molecule has 4 rings (SSSR count). The fourth-order valence-corrected chi connectivity index (χ4v) is 5.37. The van der Waals surface area contributed by atoms with Crippen LogP contribution in [0.1, 0.15) is 30.2 Å². The molecule has 0 radical (unpaired) electrons. The average Bonchev–Trinajstić information content (AvgIpc) is 3.16. The van der Waals surface area contributed by atoms with Crippen molar-refractivity contribution < 1.29 is 9.64 Å². The molecule has 0 atom stereocenters. The Morgan fingerprint density at radius 2 is 2.04 bits per heavy atom. The maximum Gasteiger partial charge on any atom is 0.168 e. The molecule has 5 nitrogen and oxygen atoms in total. The van der Waals surface area contributed by atoms with Gasteiger partial charge in [-0.05, 0) is 37.2 Å². The Hall–Kier alpha value is -1.28. The number of thiocarbonyl (C=S) groups is 1. The standard InChI is InChI=1S/C20H28N4OS2/c26-20(21-8-3-9-23-12-14-25-15-13-23)24-10-6-16(7-11-24)19-22-17-4-1-2-5-18(17)27-19/h1-2,4-5,16H,3,6-15H2,(H,21,26)/p+1. The highest BCUT2D eigenvalue weighted by molar-refractivity contribution is 7.80. The zero-order valence-electron chi connectivity index (χ0n) is 15.8. The number of ether oxygens (including phenoxy) is 1. The Labute approximate surface area is 170 Å². The lowest BCUT2D eigenvalue weighted by Gasteiger charge is -2.33. The summed E-state index contributed by atoms with van der Waals surface area (Å²) in [6, 6.07) is 8.45. The molecular weight excluding hydrogens is 376 g/mol. The van der Waals surface area contributed by atoms with Crippen LogP contribution in [0, 0.1) is 0 Å². The lowest BCUT2D eigenvalue weighted by Crippen LogP contribution is -3.14. The van der Waals surface area contributed by atoms with E-state index in [1.807, 2.05) is 11.3 Å². The van der Waals surface area contributed by atoms with Crippen molar-refractivity contribution in [1.29, 1.82) is 0 Å². The summed E-state index contributed by atoms with van der Waals surface area (Å²) >= 11 is 7.48. The summed E-state index contributed by atoms with van der Waals surface area (Å²) in [4.78, 5) is 8.84. The van der Waals surface area contributed by atoms with Gasteiger partial charge in [-0.2, -0.15) is 0 Å². The SMILES string of the molecule is S=C(NCCC[NH+]1CCOCC1)N1CCC(c2nc3ccccc3s2)CC1. The average molecular weight is 406 g/mol. The number of piperidine rings is 1. The van der Waals surface area contributed by atoms with Crippen LogP contribution in [0.15, 0.2) is 24.3 Å². The van der Waals surface area contributed by atoms with Crippen LogP contribution in [0.5, 0.6) is 0 Å². The Kier molecular flexibility index (Phi) is 6.55. The predicted molar refractivity (Wildman–Crippen MR) is 115 cm³/mol. The van der Waals surface area contributed by atoms with Crippen molar-refractivity contribution in [3.05, 3.63) is 29.3 Å². The van der Waals surface area contributed by atoms with Crippen molar-refractivity contribution in [1.82, 2.24) is 15.2 Å². The van der Waals surface area contributed by atoms with Crippen LogP contribution >= 0.6 is 23.6 Å². The third kappa shape index (κ3) is 4.96. The van der Waals surface area contributed by atoms with Crippen molar-refractivity contribution >= 4 is 38.9 Å². The van der Waals surface area contributed by atoms with Crippen LogP contribution in [-0.2, 0) is 4.74 Å². The molecule has 1 aromatic carbocycles. The number of aromatic nitrogens is 1. The summed E-state index contributed by atoms with van der Waals surface area (Å²) in [5, 5.41) is 5.69. The summed E-state index contributed by atoms with van der Waals surface area (Å²) in [5.41, 5.74) is 1.14. The molecule has 0 bridgehead atoms. The summed E-state index contributed by atoms with van der Waals surface area (Å²) in [6.45, 7) is 8.34. The molecule has 0 spiro atoms. The van der Waals surface area contributed by atoms with Crippen molar-refractivity contribution in [2.45, 2.75) is 25.2 Å². The zero-order valence-corrected chi connectivity index (χ0v) is 17.4. The largest absolute Gasteiger partial charge is 0.370 e. The molecule has 7 heteroatoms. The second kappa shape index (κ2) is 9.28. The molecule has 0 aliphatic carbocycles. The molecule has 2 aliphatic heterocycles. The molecule has 0 saturated carbocycles. The second-order valence-corrected chi connectivity index (χ2v) is 8.93. The normalized spacial score (nSPS) is 19.5. The number of nitrogens with one attached hydrogen (secondary N) is 2. The van der Waals surface area contributed by atoms with Crippen LogP contribution in [0.3, 0.4) is 0 Å². The first-order valence-electron chi connectivity index (χ1n) is 10.1. The summed E-state index contributed by atoms with van der Waals surface area (Å²) in [7, 11) is 0. The first kappa shape index (κ1) is 19.1. The number of quaternary nitrogens is 1. The van der Waals surface area contributed by atoms with Gasteiger partial charge < -0.3 is 19.9 Å². The van der Waals surface area contributed by atoms with Gasteiger partial charge in [-0.25, -0.2) is 4.98 Å². The molecule has 2 aliphatic rings. The van der Waals surface area contributed by atoms with Gasteiger partial charge in [0.1, 0.15) is 13.1 Å². The molecular formula is C20H29N4OS2+. The van der Waals surface area contributed by atoms with E-state index in [9.17, 15) is 0 Å². The quantitative estimate of drug-likeness (QED) is 0.585. The first-order chi connectivity index (χ1) is 13.3. The topological polar surface area (TPSA) is 41.8 Å². The first-order valence-corrected chi connectivity index (χ1v) is 11.3. The fraction of sp³-hybridized carbons (Fsp3) is 0.600. The van der Waals surface area contributed by atoms with Gasteiger partial charge in [-0.1, -0.05) is 12.1 Å². The van der Waals surface area contributed by atoms with E-state index < -0.39 is 0 Å². The molecule has 2 aromatic rings. The Bertz CT molecular complexity index is 718. The molecule has 2 fully saturated rings. The van der Waals surface area contributed by atoms with E-state index in [0.717, 1.165) is 75.8 Å². The van der Waals surface area contributed by atoms with E-state index >= 15 is 0 Å². The maximum atomic E-state index is 5.63. The van der Waals surface area contributed by atoms with Gasteiger partial charge in [0, 0.05) is 32.0 Å². The van der Waals surface area contributed by atoms with E-state index in [0.29, 0.717) is 5.92 Å². The number of hydrogen-bond donors (Lipinski definition) is 2. The maximum absolute atomic E-state index is 5.63. The highest BCUT2D eigenvalue weighted by atomic mass is 32.1. The highest BCUT2D eigenvalue weighted by Crippen LogP contribution is 2.33. The molecule has 2 N–H and O–H groups in total. The van der Waals surface area contributed by atoms with Gasteiger partial charge in [-0.15, -0.1) is 11.3 Å². The van der Waals surface area contributed by atoms with Gasteiger partial charge in [0.25, 0.3) is 0 Å². The van der Waals surface area contributed by atoms with Crippen LogP contribution in [-0.4, -0.2) is 67.5 Å². The zero-order chi connectivity index (χ0) is 18.5. The van der Waals surface area contributed by atoms with Gasteiger partial charge in [0.05, 0.1) is 35.0 Å². The number of rotatable bonds is 5. The van der Waals surface area contributed by atoms with Gasteiger partial charge in [0.2, 0.25) is 0 Å². The lowest BCUT2D eigenvalue weighted by molar-refractivity contribution is -0.908. The van der Waals surface area contributed by atoms with E-state index in [4.69, 9.17) is 21.9 Å². The number of likely N-dealkylation sites (tertiary alicyclic amines) is 1. The van der Waals surface area contributed by atoms with Crippen LogP contribution in [0.25, 0.3) is 10.2 Å². The smallest absolute Gasteiger partial charge is 0.168 e. The number of morpholine rings is 1. The van der Waals surface area contributed by atoms with E-state index in [1.165, 1.54) is 16.3 Å². The van der Waals surface area contributed by atoms with E-state index in [1.54, 1.807) is 4.90 Å². The van der Waals surface area contributed by atoms with Crippen molar-refractivity contribution in [2.24, 2.45) is 0 Å². The number of hydrogen-bond acceptors (Lipinski definition) is 4. The minimum absolute atomic E-state index is 0.575. The molecule has 0 amide bonds. The van der Waals surface area contributed by atoms with E-state index in [-0.39, 0.29) is 0 Å². The minimum Gasteiger partial charge on any atom is -0.370 e. The minimum atomic E-state index is 0.575. The third-order valence-corrected chi connectivity index (χ3v) is 7.23. The second-order valence-electron chi connectivity index (χ2n) is 7.48. The van der Waals surface area contributed by atoms with Crippen molar-refractivity contribution in [3.8, 4) is 0 Å². The number of nitrogens with zero attached hydrogens (tertiary/aromatic N) is 2. The van der Waals surface area contributed by atoms with Gasteiger partial charge in [0.15, 0.2) is 5.11 Å². The summed E-state index contributed by atoms with van der Waals surface area (Å²) in [6.07, 6.45) is 3.44. The monoisotopic (exact) mass is 405 g/mol. The molecule has 1 aromatic heterocycles. The molecule has 0 unspecified atom stereocenters. The molecule has 2 saturated heterocycles. The molecule has 146 valence electrons. The van der Waals surface area contributed by atoms with Gasteiger partial charge in [-0.3, -0.25) is 0 Å². The highest BCUT2D eigenvalue weighted by Gasteiger charge is 2.24. The van der Waals surface area contributed by atoms with Crippen LogP contribution in [0.4, 0.5) is 0 Å². The van der Waals surface area contributed by atoms with Gasteiger partial charge >= 0.3 is 0 Å². The van der Waals surface area contributed by atoms with E-state index in [2.05, 4.69) is 34.5 Å². The summed E-state index contributed by atoms with van der Waals surface area (Å²) in [5.74, 6) is 0.575. The Morgan fingerprint density at radius 1 is 1.26 bits per heavy atom. The summed E-state index contributed by atoms with van der Waals surface area (Å²) < 4.78 is 6.71. The van der Waals surface area contributed by atoms with Crippen molar-refractivity contribution in [2.75, 3.05) is 52.5 Å². The van der Waals surface area contributed by atoms with Crippen LogP contribution < -0.4 is 10.2 Å². The molecule has 27 heavy (non-hydrogen) atoms.